The van der Waals surface area contributed by atoms with Gasteiger partial charge in [0.1, 0.15) is 13.1 Å². The van der Waals surface area contributed by atoms with Crippen LogP contribution in [0.2, 0.25) is 0 Å². The van der Waals surface area contributed by atoms with Crippen LogP contribution in [0.25, 0.3) is 0 Å². The van der Waals surface area contributed by atoms with Crippen LogP contribution in [0.1, 0.15) is 92.4 Å². The van der Waals surface area contributed by atoms with Gasteiger partial charge in [0.15, 0.2) is 0 Å². The Morgan fingerprint density at radius 2 is 1.24 bits per heavy atom. The van der Waals surface area contributed by atoms with E-state index in [0.29, 0.717) is 19.6 Å². The van der Waals surface area contributed by atoms with Crippen LogP contribution in [0.15, 0.2) is 0 Å². The molecule has 0 aromatic carbocycles. The molecule has 2 fully saturated rings. The maximum atomic E-state index is 12.2. The normalized spacial score (nSPS) is 17.2. The fourth-order valence-corrected chi connectivity index (χ4v) is 5.11. The molecular formula is C28H50N4O5. The number of hydrogen-bond donors (Lipinski definition) is 0. The molecule has 0 atom stereocenters. The predicted molar refractivity (Wildman–Crippen MR) is 144 cm³/mol. The van der Waals surface area contributed by atoms with Crippen LogP contribution in [-0.2, 0) is 14.3 Å². The molecule has 9 nitrogen and oxygen atoms in total. The molecular weight excluding hydrogens is 472 g/mol. The third-order valence-electron chi connectivity index (χ3n) is 7.60. The van der Waals surface area contributed by atoms with Gasteiger partial charge in [0.05, 0.1) is 0 Å². The molecule has 2 rings (SSSR count). The summed E-state index contributed by atoms with van der Waals surface area (Å²) in [6.07, 6.45) is 9.21. The number of unbranched alkanes of at least 4 members (excludes halogenated alkanes) is 3. The lowest BCUT2D eigenvalue weighted by Crippen LogP contribution is -2.39. The molecule has 6 amide bonds. The van der Waals surface area contributed by atoms with Gasteiger partial charge in [0, 0.05) is 39.9 Å². The van der Waals surface area contributed by atoms with E-state index in [1.165, 1.54) is 14.7 Å². The highest BCUT2D eigenvalue weighted by Crippen LogP contribution is 2.30. The van der Waals surface area contributed by atoms with Crippen LogP contribution in [0.3, 0.4) is 0 Å². The monoisotopic (exact) mass is 522 g/mol. The van der Waals surface area contributed by atoms with E-state index in [9.17, 15) is 19.2 Å². The number of nitrogens with zero attached hydrogens (tertiary/aromatic N) is 4. The Balaban J connectivity index is 1.48. The Kier molecular flexibility index (Phi) is 11.9. The zero-order valence-corrected chi connectivity index (χ0v) is 24.1. The van der Waals surface area contributed by atoms with Crippen molar-refractivity contribution in [1.29, 1.82) is 0 Å². The maximum absolute atomic E-state index is 12.2. The summed E-state index contributed by atoms with van der Waals surface area (Å²) in [7, 11) is 1.66. The molecule has 0 spiro atoms. The van der Waals surface area contributed by atoms with Gasteiger partial charge in [0.2, 0.25) is 11.8 Å². The molecule has 0 aromatic heterocycles. The molecule has 0 saturated carbocycles. The number of carbonyl (C=O) groups excluding carboxylic acids is 4. The second-order valence-corrected chi connectivity index (χ2v) is 12.3. The highest BCUT2D eigenvalue weighted by atomic mass is 16.5. The third-order valence-corrected chi connectivity index (χ3v) is 7.60. The van der Waals surface area contributed by atoms with Gasteiger partial charge in [-0.3, -0.25) is 19.4 Å². The number of urea groups is 2. The SMILES string of the molecule is CCN1CC(=O)N(CCCCC(C)(C)CCCCOCCCCC(C)(C)CN2C(=O)CN(C)C2=O)C1=O. The van der Waals surface area contributed by atoms with E-state index in [1.54, 1.807) is 11.9 Å². The van der Waals surface area contributed by atoms with Crippen molar-refractivity contribution in [2.45, 2.75) is 92.4 Å². The van der Waals surface area contributed by atoms with Crippen molar-refractivity contribution in [2.75, 3.05) is 53.0 Å². The van der Waals surface area contributed by atoms with Crippen molar-refractivity contribution in [3.63, 3.8) is 0 Å². The van der Waals surface area contributed by atoms with Gasteiger partial charge < -0.3 is 14.5 Å². The number of carbonyl (C=O) groups is 4. The molecule has 0 radical (unpaired) electrons. The highest BCUT2D eigenvalue weighted by molar-refractivity contribution is 6.02. The molecule has 2 aliphatic rings. The van der Waals surface area contributed by atoms with E-state index in [0.717, 1.165) is 71.0 Å². The number of ether oxygens (including phenoxy) is 1. The van der Waals surface area contributed by atoms with Crippen molar-refractivity contribution in [1.82, 2.24) is 19.6 Å². The van der Waals surface area contributed by atoms with Crippen molar-refractivity contribution in [2.24, 2.45) is 10.8 Å². The largest absolute Gasteiger partial charge is 0.381 e. The van der Waals surface area contributed by atoms with E-state index in [1.807, 2.05) is 6.92 Å². The van der Waals surface area contributed by atoms with Crippen LogP contribution in [-0.4, -0.2) is 96.5 Å². The minimum atomic E-state index is -0.192. The first kappa shape index (κ1) is 31.1. The Morgan fingerprint density at radius 3 is 1.76 bits per heavy atom. The summed E-state index contributed by atoms with van der Waals surface area (Å²) < 4.78 is 5.84. The number of hydrogen-bond acceptors (Lipinski definition) is 5. The minimum Gasteiger partial charge on any atom is -0.381 e. The molecule has 2 saturated heterocycles. The van der Waals surface area contributed by atoms with Gasteiger partial charge in [-0.25, -0.2) is 9.59 Å². The fraction of sp³-hybridized carbons (Fsp3) is 0.857. The van der Waals surface area contributed by atoms with E-state index < -0.39 is 0 Å². The molecule has 0 aliphatic carbocycles. The van der Waals surface area contributed by atoms with Crippen molar-refractivity contribution in [3.05, 3.63) is 0 Å². The number of imide groups is 2. The molecule has 0 unspecified atom stereocenters. The molecule has 0 aromatic rings. The molecule has 0 N–H and O–H groups in total. The minimum absolute atomic E-state index is 0.0714. The van der Waals surface area contributed by atoms with E-state index in [-0.39, 0.29) is 47.8 Å². The molecule has 2 heterocycles. The van der Waals surface area contributed by atoms with Crippen molar-refractivity contribution >= 4 is 23.9 Å². The first-order valence-corrected chi connectivity index (χ1v) is 14.1. The van der Waals surface area contributed by atoms with Crippen LogP contribution in [0.5, 0.6) is 0 Å². The quantitative estimate of drug-likeness (QED) is 0.191. The van der Waals surface area contributed by atoms with Crippen LogP contribution < -0.4 is 0 Å². The van der Waals surface area contributed by atoms with E-state index in [4.69, 9.17) is 4.74 Å². The van der Waals surface area contributed by atoms with Gasteiger partial charge in [-0.05, 0) is 56.3 Å². The van der Waals surface area contributed by atoms with Crippen LogP contribution >= 0.6 is 0 Å². The first-order valence-electron chi connectivity index (χ1n) is 14.1. The predicted octanol–water partition coefficient (Wildman–Crippen LogP) is 4.74. The first-order chi connectivity index (χ1) is 17.4. The molecule has 0 bridgehead atoms. The lowest BCUT2D eigenvalue weighted by molar-refractivity contribution is -0.126. The number of likely N-dealkylation sites (N-methyl/N-ethyl adjacent to an activating group) is 2. The van der Waals surface area contributed by atoms with Crippen molar-refractivity contribution in [3.8, 4) is 0 Å². The van der Waals surface area contributed by atoms with Gasteiger partial charge in [0.25, 0.3) is 0 Å². The summed E-state index contributed by atoms with van der Waals surface area (Å²) in [6.45, 7) is 14.2. The Hall–Kier alpha value is -2.16. The average molecular weight is 523 g/mol. The topological polar surface area (TPSA) is 90.5 Å². The average Bonchev–Trinajstić information content (AvgIpc) is 3.23. The van der Waals surface area contributed by atoms with Gasteiger partial charge in [-0.15, -0.1) is 0 Å². The summed E-state index contributed by atoms with van der Waals surface area (Å²) in [5.74, 6) is -0.177. The zero-order chi connectivity index (χ0) is 27.6. The molecule has 9 heteroatoms. The fourth-order valence-electron chi connectivity index (χ4n) is 5.11. The standard InChI is InChI=1S/C28H50N4O5/c1-7-30-21-24(34)31(26(30)36)17-11-8-14-27(2,3)15-9-12-18-37-19-13-10-16-28(4,5)22-32-23(33)20-29(6)25(32)35/h7-22H2,1-6H3. The zero-order valence-electron chi connectivity index (χ0n) is 24.1. The van der Waals surface area contributed by atoms with E-state index >= 15 is 0 Å². The van der Waals surface area contributed by atoms with Gasteiger partial charge >= 0.3 is 12.1 Å². The maximum Gasteiger partial charge on any atom is 0.327 e. The van der Waals surface area contributed by atoms with Gasteiger partial charge in [-0.2, -0.15) is 0 Å². The second-order valence-electron chi connectivity index (χ2n) is 12.3. The lowest BCUT2D eigenvalue weighted by Gasteiger charge is -2.29. The summed E-state index contributed by atoms with van der Waals surface area (Å²) in [4.78, 5) is 54.1. The third kappa shape index (κ3) is 9.91. The number of amides is 6. The Morgan fingerprint density at radius 1 is 0.703 bits per heavy atom. The van der Waals surface area contributed by atoms with Gasteiger partial charge in [-0.1, -0.05) is 47.0 Å². The van der Waals surface area contributed by atoms with Crippen molar-refractivity contribution < 1.29 is 23.9 Å². The summed E-state index contributed by atoms with van der Waals surface area (Å²) >= 11 is 0. The van der Waals surface area contributed by atoms with E-state index in [2.05, 4.69) is 27.7 Å². The molecule has 212 valence electrons. The molecule has 2 aliphatic heterocycles. The Labute approximate surface area is 223 Å². The van der Waals surface area contributed by atoms with Crippen LogP contribution in [0.4, 0.5) is 9.59 Å². The second kappa shape index (κ2) is 14.1. The highest BCUT2D eigenvalue weighted by Gasteiger charge is 2.37. The summed E-state index contributed by atoms with van der Waals surface area (Å²) in [5, 5.41) is 0. The number of rotatable bonds is 18. The summed E-state index contributed by atoms with van der Waals surface area (Å²) in [5.41, 5.74) is 0.143. The smallest absolute Gasteiger partial charge is 0.327 e. The molecule has 37 heavy (non-hydrogen) atoms. The summed E-state index contributed by atoms with van der Waals surface area (Å²) in [6, 6.07) is -0.332. The van der Waals surface area contributed by atoms with Crippen LogP contribution in [0, 0.1) is 10.8 Å². The Bertz CT molecular complexity index is 797. The lowest BCUT2D eigenvalue weighted by atomic mass is 9.82.